The van der Waals surface area contributed by atoms with E-state index >= 15 is 0 Å². The summed E-state index contributed by atoms with van der Waals surface area (Å²) in [6.07, 6.45) is 1.27. The molecule has 0 radical (unpaired) electrons. The van der Waals surface area contributed by atoms with E-state index in [0.29, 0.717) is 5.92 Å². The largest absolute Gasteiger partial charge is 0.355 e. The molecule has 1 saturated heterocycles. The zero-order valence-corrected chi connectivity index (χ0v) is 9.08. The first-order chi connectivity index (χ1) is 6.09. The van der Waals surface area contributed by atoms with E-state index in [0.717, 1.165) is 25.3 Å². The van der Waals surface area contributed by atoms with Crippen LogP contribution in [0.4, 0.5) is 0 Å². The normalized spacial score (nSPS) is 22.5. The summed E-state index contributed by atoms with van der Waals surface area (Å²) < 4.78 is 5.60. The summed E-state index contributed by atoms with van der Waals surface area (Å²) >= 11 is 0. The first-order valence-electron chi connectivity index (χ1n) is 4.99. The maximum Gasteiger partial charge on any atom is 0.146 e. The lowest BCUT2D eigenvalue weighted by Crippen LogP contribution is -2.27. The Kier molecular flexibility index (Phi) is 3.72. The first-order valence-corrected chi connectivity index (χ1v) is 4.99. The Bertz CT molecular complexity index is 185. The molecule has 13 heavy (non-hydrogen) atoms. The topological polar surface area (TPSA) is 24.8 Å². The van der Waals surface area contributed by atoms with Gasteiger partial charge in [0.05, 0.1) is 13.2 Å². The molecule has 1 fully saturated rings. The van der Waals surface area contributed by atoms with Crippen molar-refractivity contribution < 1.29 is 4.74 Å². The molecule has 0 N–H and O–H groups in total. The van der Waals surface area contributed by atoms with Gasteiger partial charge in [-0.2, -0.15) is 5.10 Å². The van der Waals surface area contributed by atoms with E-state index in [9.17, 15) is 0 Å². The molecule has 1 aliphatic rings. The van der Waals surface area contributed by atoms with Crippen molar-refractivity contribution in [2.75, 3.05) is 13.2 Å². The van der Waals surface area contributed by atoms with E-state index in [1.165, 1.54) is 0 Å². The molecule has 3 nitrogen and oxygen atoms in total. The monoisotopic (exact) mass is 184 g/mol. The minimum absolute atomic E-state index is 0.204. The molecule has 76 valence electrons. The standard InChI is InChI=1S/C10H20N2O/c1-8(2)7-10-12(5-6-13-10)11-9(3)4/h8,10H,5-7H2,1-4H3. The second-order valence-corrected chi connectivity index (χ2v) is 4.17. The number of hydrogen-bond acceptors (Lipinski definition) is 3. The number of rotatable bonds is 3. The molecular weight excluding hydrogens is 164 g/mol. The van der Waals surface area contributed by atoms with E-state index < -0.39 is 0 Å². The highest BCUT2D eigenvalue weighted by molar-refractivity contribution is 5.78. The third-order valence-electron chi connectivity index (χ3n) is 1.96. The molecule has 1 unspecified atom stereocenters. The quantitative estimate of drug-likeness (QED) is 0.627. The number of nitrogens with zero attached hydrogens (tertiary/aromatic N) is 2. The molecule has 0 bridgehead atoms. The fourth-order valence-corrected chi connectivity index (χ4v) is 1.48. The minimum Gasteiger partial charge on any atom is -0.355 e. The maximum absolute atomic E-state index is 5.60. The van der Waals surface area contributed by atoms with Gasteiger partial charge in [-0.25, -0.2) is 0 Å². The summed E-state index contributed by atoms with van der Waals surface area (Å²) in [5.74, 6) is 0.665. The molecule has 0 spiro atoms. The Morgan fingerprint density at radius 2 is 2.23 bits per heavy atom. The number of ether oxygens (including phenoxy) is 1. The van der Waals surface area contributed by atoms with Crippen LogP contribution in [-0.4, -0.2) is 30.1 Å². The van der Waals surface area contributed by atoms with Crippen molar-refractivity contribution in [1.82, 2.24) is 5.01 Å². The SMILES string of the molecule is CC(C)=NN1CCOC1CC(C)C. The molecule has 0 amide bonds. The van der Waals surface area contributed by atoms with Crippen LogP contribution < -0.4 is 0 Å². The Balaban J connectivity index is 2.49. The zero-order valence-electron chi connectivity index (χ0n) is 9.08. The number of hydrogen-bond donors (Lipinski definition) is 0. The van der Waals surface area contributed by atoms with Gasteiger partial charge in [0.15, 0.2) is 0 Å². The van der Waals surface area contributed by atoms with Gasteiger partial charge < -0.3 is 4.74 Å². The lowest BCUT2D eigenvalue weighted by molar-refractivity contribution is 0.0191. The van der Waals surface area contributed by atoms with E-state index in [4.69, 9.17) is 4.74 Å². The lowest BCUT2D eigenvalue weighted by Gasteiger charge is -2.21. The van der Waals surface area contributed by atoms with Crippen molar-refractivity contribution in [2.24, 2.45) is 11.0 Å². The molecule has 0 saturated carbocycles. The van der Waals surface area contributed by atoms with Gasteiger partial charge in [-0.1, -0.05) is 13.8 Å². The van der Waals surface area contributed by atoms with Crippen LogP contribution >= 0.6 is 0 Å². The van der Waals surface area contributed by atoms with Crippen LogP contribution in [0.1, 0.15) is 34.1 Å². The fraction of sp³-hybridized carbons (Fsp3) is 0.900. The van der Waals surface area contributed by atoms with Crippen molar-refractivity contribution in [3.8, 4) is 0 Å². The molecule has 0 aromatic heterocycles. The molecule has 1 rings (SSSR count). The summed E-state index contributed by atoms with van der Waals surface area (Å²) in [7, 11) is 0. The summed E-state index contributed by atoms with van der Waals surface area (Å²) in [6, 6.07) is 0. The van der Waals surface area contributed by atoms with Gasteiger partial charge in [-0.15, -0.1) is 0 Å². The van der Waals surface area contributed by atoms with Crippen molar-refractivity contribution in [3.63, 3.8) is 0 Å². The van der Waals surface area contributed by atoms with Crippen LogP contribution in [0.5, 0.6) is 0 Å². The summed E-state index contributed by atoms with van der Waals surface area (Å²) in [4.78, 5) is 0. The maximum atomic E-state index is 5.60. The average molecular weight is 184 g/mol. The molecule has 0 aromatic carbocycles. The van der Waals surface area contributed by atoms with Crippen LogP contribution in [0, 0.1) is 5.92 Å². The molecule has 3 heteroatoms. The molecule has 1 heterocycles. The smallest absolute Gasteiger partial charge is 0.146 e. The van der Waals surface area contributed by atoms with Gasteiger partial charge in [0, 0.05) is 5.71 Å². The predicted octanol–water partition coefficient (Wildman–Crippen LogP) is 2.09. The van der Waals surface area contributed by atoms with E-state index in [-0.39, 0.29) is 6.23 Å². The zero-order chi connectivity index (χ0) is 9.84. The van der Waals surface area contributed by atoms with Crippen molar-refractivity contribution in [2.45, 2.75) is 40.3 Å². The van der Waals surface area contributed by atoms with Gasteiger partial charge in [0.1, 0.15) is 6.23 Å². The average Bonchev–Trinajstić information content (AvgIpc) is 2.34. The Morgan fingerprint density at radius 3 is 2.77 bits per heavy atom. The second kappa shape index (κ2) is 4.61. The van der Waals surface area contributed by atoms with Crippen molar-refractivity contribution in [1.29, 1.82) is 0 Å². The highest BCUT2D eigenvalue weighted by Crippen LogP contribution is 2.18. The van der Waals surface area contributed by atoms with Gasteiger partial charge in [0.25, 0.3) is 0 Å². The van der Waals surface area contributed by atoms with E-state index in [2.05, 4.69) is 24.0 Å². The van der Waals surface area contributed by atoms with Gasteiger partial charge in [-0.3, -0.25) is 5.01 Å². The summed E-state index contributed by atoms with van der Waals surface area (Å²) in [5, 5.41) is 6.50. The van der Waals surface area contributed by atoms with E-state index in [1.807, 2.05) is 13.8 Å². The lowest BCUT2D eigenvalue weighted by atomic mass is 10.1. The molecular formula is C10H20N2O. The highest BCUT2D eigenvalue weighted by Gasteiger charge is 2.24. The van der Waals surface area contributed by atoms with Gasteiger partial charge in [-0.05, 0) is 26.2 Å². The first kappa shape index (κ1) is 10.5. The van der Waals surface area contributed by atoms with Gasteiger partial charge >= 0.3 is 0 Å². The van der Waals surface area contributed by atoms with Gasteiger partial charge in [0.2, 0.25) is 0 Å². The molecule has 0 aliphatic carbocycles. The van der Waals surface area contributed by atoms with Crippen LogP contribution in [-0.2, 0) is 4.74 Å². The number of hydrazone groups is 1. The highest BCUT2D eigenvalue weighted by atomic mass is 16.5. The van der Waals surface area contributed by atoms with Crippen molar-refractivity contribution >= 4 is 5.71 Å². The third-order valence-corrected chi connectivity index (χ3v) is 1.96. The van der Waals surface area contributed by atoms with Crippen LogP contribution in [0.3, 0.4) is 0 Å². The minimum atomic E-state index is 0.204. The Hall–Kier alpha value is -0.570. The predicted molar refractivity (Wildman–Crippen MR) is 54.7 cm³/mol. The molecule has 1 atom stereocenters. The van der Waals surface area contributed by atoms with Crippen LogP contribution in [0.25, 0.3) is 0 Å². The summed E-state index contributed by atoms with van der Waals surface area (Å²) in [6.45, 7) is 10.2. The second-order valence-electron chi connectivity index (χ2n) is 4.17. The van der Waals surface area contributed by atoms with E-state index in [1.54, 1.807) is 0 Å². The van der Waals surface area contributed by atoms with Crippen LogP contribution in [0.2, 0.25) is 0 Å². The Labute approximate surface area is 80.8 Å². The fourth-order valence-electron chi connectivity index (χ4n) is 1.48. The third kappa shape index (κ3) is 3.35. The Morgan fingerprint density at radius 1 is 1.54 bits per heavy atom. The van der Waals surface area contributed by atoms with Crippen molar-refractivity contribution in [3.05, 3.63) is 0 Å². The molecule has 1 aliphatic heterocycles. The molecule has 0 aromatic rings. The van der Waals surface area contributed by atoms with Crippen LogP contribution in [0.15, 0.2) is 5.10 Å². The summed E-state index contributed by atoms with van der Waals surface area (Å²) in [5.41, 5.74) is 1.10.